The first-order valence-electron chi connectivity index (χ1n) is 6.79. The Balaban J connectivity index is 2.07. The minimum absolute atomic E-state index is 0.217. The molecule has 1 aromatic carbocycles. The normalized spacial score (nSPS) is 22.1. The number of methoxy groups -OCH3 is 1. The van der Waals surface area contributed by atoms with Gasteiger partial charge in [0.05, 0.1) is 18.9 Å². The molecule has 2 N–H and O–H groups in total. The molecular weight excluding hydrogens is 258 g/mol. The minimum Gasteiger partial charge on any atom is -0.497 e. The van der Waals surface area contributed by atoms with Crippen molar-refractivity contribution in [1.82, 2.24) is 0 Å². The van der Waals surface area contributed by atoms with Crippen molar-refractivity contribution in [3.8, 4) is 5.75 Å². The van der Waals surface area contributed by atoms with Crippen LogP contribution in [0.3, 0.4) is 0 Å². The molecule has 1 aliphatic carbocycles. The molecule has 0 spiro atoms. The summed E-state index contributed by atoms with van der Waals surface area (Å²) >= 11 is 0. The number of anilines is 1. The van der Waals surface area contributed by atoms with Crippen LogP contribution >= 0.6 is 0 Å². The van der Waals surface area contributed by atoms with Gasteiger partial charge in [-0.3, -0.25) is 9.59 Å². The van der Waals surface area contributed by atoms with Gasteiger partial charge in [0.2, 0.25) is 5.91 Å². The van der Waals surface area contributed by atoms with Gasteiger partial charge in [-0.1, -0.05) is 18.9 Å². The zero-order chi connectivity index (χ0) is 14.5. The lowest BCUT2D eigenvalue weighted by Gasteiger charge is -2.27. The predicted molar refractivity (Wildman–Crippen MR) is 74.7 cm³/mol. The van der Waals surface area contributed by atoms with E-state index < -0.39 is 17.8 Å². The zero-order valence-corrected chi connectivity index (χ0v) is 11.5. The summed E-state index contributed by atoms with van der Waals surface area (Å²) < 4.78 is 5.10. The van der Waals surface area contributed by atoms with Crippen LogP contribution in [0.2, 0.25) is 0 Å². The fourth-order valence-electron chi connectivity index (χ4n) is 2.68. The van der Waals surface area contributed by atoms with Crippen LogP contribution in [0.1, 0.15) is 25.7 Å². The van der Waals surface area contributed by atoms with Crippen molar-refractivity contribution in [3.63, 3.8) is 0 Å². The average Bonchev–Trinajstić information content (AvgIpc) is 2.47. The van der Waals surface area contributed by atoms with Gasteiger partial charge < -0.3 is 15.2 Å². The predicted octanol–water partition coefficient (Wildman–Crippen LogP) is 2.52. The fourth-order valence-corrected chi connectivity index (χ4v) is 2.68. The molecule has 0 heterocycles. The highest BCUT2D eigenvalue weighted by Gasteiger charge is 2.35. The number of carboxylic acid groups (broad SMARTS) is 1. The number of benzene rings is 1. The summed E-state index contributed by atoms with van der Waals surface area (Å²) in [5.41, 5.74) is 0.629. The Labute approximate surface area is 117 Å². The van der Waals surface area contributed by atoms with Gasteiger partial charge in [-0.2, -0.15) is 0 Å². The average molecular weight is 277 g/mol. The molecule has 2 rings (SSSR count). The molecule has 5 nitrogen and oxygen atoms in total. The Morgan fingerprint density at radius 2 is 1.95 bits per heavy atom. The van der Waals surface area contributed by atoms with Gasteiger partial charge in [-0.15, -0.1) is 0 Å². The highest BCUT2D eigenvalue weighted by Crippen LogP contribution is 2.31. The lowest BCUT2D eigenvalue weighted by molar-refractivity contribution is -0.147. The minimum atomic E-state index is -0.879. The fraction of sp³-hybridized carbons (Fsp3) is 0.467. The second-order valence-electron chi connectivity index (χ2n) is 5.06. The third-order valence-corrected chi connectivity index (χ3v) is 3.76. The Hall–Kier alpha value is -2.04. The van der Waals surface area contributed by atoms with Crippen LogP contribution in [0.4, 0.5) is 5.69 Å². The molecule has 1 amide bonds. The van der Waals surface area contributed by atoms with Crippen molar-refractivity contribution in [2.45, 2.75) is 25.7 Å². The quantitative estimate of drug-likeness (QED) is 0.886. The van der Waals surface area contributed by atoms with Gasteiger partial charge in [-0.25, -0.2) is 0 Å². The number of carbonyl (C=O) groups excluding carboxylic acids is 1. The van der Waals surface area contributed by atoms with Gasteiger partial charge in [0.15, 0.2) is 0 Å². The van der Waals surface area contributed by atoms with Gasteiger partial charge in [-0.05, 0) is 25.0 Å². The third kappa shape index (κ3) is 3.29. The van der Waals surface area contributed by atoms with Crippen LogP contribution < -0.4 is 10.1 Å². The number of rotatable bonds is 4. The van der Waals surface area contributed by atoms with Gasteiger partial charge >= 0.3 is 5.97 Å². The molecule has 5 heteroatoms. The summed E-state index contributed by atoms with van der Waals surface area (Å²) in [5.74, 6) is -1.47. The van der Waals surface area contributed by atoms with Gasteiger partial charge in [0, 0.05) is 11.8 Å². The molecule has 0 aromatic heterocycles. The van der Waals surface area contributed by atoms with E-state index >= 15 is 0 Å². The van der Waals surface area contributed by atoms with E-state index in [0.29, 0.717) is 24.3 Å². The topological polar surface area (TPSA) is 75.6 Å². The number of amides is 1. The molecule has 2 atom stereocenters. The van der Waals surface area contributed by atoms with E-state index in [1.807, 2.05) is 0 Å². The van der Waals surface area contributed by atoms with Gasteiger partial charge in [0.25, 0.3) is 0 Å². The molecule has 0 radical (unpaired) electrons. The van der Waals surface area contributed by atoms with Crippen molar-refractivity contribution in [2.24, 2.45) is 11.8 Å². The standard InChI is InChI=1S/C15H19NO4/c1-20-11-6-4-5-10(9-11)16-14(17)12-7-2-3-8-13(12)15(18)19/h4-6,9,12-13H,2-3,7-8H2,1H3,(H,16,17)(H,18,19)/t12-,13+/m1/s1. The highest BCUT2D eigenvalue weighted by atomic mass is 16.5. The third-order valence-electron chi connectivity index (χ3n) is 3.76. The second kappa shape index (κ2) is 6.41. The summed E-state index contributed by atoms with van der Waals surface area (Å²) in [5, 5.41) is 12.0. The summed E-state index contributed by atoms with van der Waals surface area (Å²) in [4.78, 5) is 23.5. The van der Waals surface area contributed by atoms with Crippen molar-refractivity contribution in [3.05, 3.63) is 24.3 Å². The van der Waals surface area contributed by atoms with Crippen molar-refractivity contribution < 1.29 is 19.4 Å². The van der Waals surface area contributed by atoms with Crippen molar-refractivity contribution in [1.29, 1.82) is 0 Å². The Bertz CT molecular complexity index is 500. The van der Waals surface area contributed by atoms with E-state index in [1.165, 1.54) is 0 Å². The molecule has 1 saturated carbocycles. The summed E-state index contributed by atoms with van der Waals surface area (Å²) in [7, 11) is 1.56. The molecule has 0 saturated heterocycles. The molecular formula is C15H19NO4. The van der Waals surface area contributed by atoms with Crippen LogP contribution in [0.25, 0.3) is 0 Å². The SMILES string of the molecule is COc1cccc(NC(=O)[C@@H]2CCCC[C@@H]2C(=O)O)c1. The van der Waals surface area contributed by atoms with Crippen LogP contribution in [0.5, 0.6) is 5.75 Å². The number of aliphatic carboxylic acids is 1. The second-order valence-corrected chi connectivity index (χ2v) is 5.06. The van der Waals surface area contributed by atoms with Gasteiger partial charge in [0.1, 0.15) is 5.75 Å². The van der Waals surface area contributed by atoms with Crippen molar-refractivity contribution in [2.75, 3.05) is 12.4 Å². The lowest BCUT2D eigenvalue weighted by atomic mass is 9.78. The first kappa shape index (κ1) is 14.4. The Morgan fingerprint density at radius 3 is 2.60 bits per heavy atom. The maximum Gasteiger partial charge on any atom is 0.307 e. The first-order chi connectivity index (χ1) is 9.61. The van der Waals surface area contributed by atoms with E-state index in [0.717, 1.165) is 12.8 Å². The van der Waals surface area contributed by atoms with Crippen molar-refractivity contribution >= 4 is 17.6 Å². The molecule has 0 bridgehead atoms. The van der Waals surface area contributed by atoms with Crippen LogP contribution in [0.15, 0.2) is 24.3 Å². The van der Waals surface area contributed by atoms with E-state index in [2.05, 4.69) is 5.32 Å². The number of ether oxygens (including phenoxy) is 1. The summed E-state index contributed by atoms with van der Waals surface area (Å²) in [6.07, 6.45) is 2.98. The van der Waals surface area contributed by atoms with E-state index in [1.54, 1.807) is 31.4 Å². The van der Waals surface area contributed by atoms with Crippen LogP contribution in [-0.4, -0.2) is 24.1 Å². The molecule has 20 heavy (non-hydrogen) atoms. The van der Waals surface area contributed by atoms with E-state index in [-0.39, 0.29) is 5.91 Å². The van der Waals surface area contributed by atoms with Crippen LogP contribution in [0, 0.1) is 11.8 Å². The lowest BCUT2D eigenvalue weighted by Crippen LogP contribution is -2.36. The van der Waals surface area contributed by atoms with E-state index in [9.17, 15) is 14.7 Å². The molecule has 1 fully saturated rings. The maximum absolute atomic E-state index is 12.3. The largest absolute Gasteiger partial charge is 0.497 e. The molecule has 1 aromatic rings. The van der Waals surface area contributed by atoms with E-state index in [4.69, 9.17) is 4.74 Å². The highest BCUT2D eigenvalue weighted by molar-refractivity contribution is 5.95. The van der Waals surface area contributed by atoms with Crippen LogP contribution in [-0.2, 0) is 9.59 Å². The number of hydrogen-bond acceptors (Lipinski definition) is 3. The first-order valence-corrected chi connectivity index (χ1v) is 6.79. The molecule has 108 valence electrons. The zero-order valence-electron chi connectivity index (χ0n) is 11.5. The Kier molecular flexibility index (Phi) is 4.61. The number of nitrogens with one attached hydrogen (secondary N) is 1. The Morgan fingerprint density at radius 1 is 1.25 bits per heavy atom. The monoisotopic (exact) mass is 277 g/mol. The molecule has 0 aliphatic heterocycles. The maximum atomic E-state index is 12.3. The summed E-state index contributed by atoms with van der Waals surface area (Å²) in [6, 6.07) is 7.05. The number of carbonyl (C=O) groups is 2. The number of carboxylic acids is 1. The number of hydrogen-bond donors (Lipinski definition) is 2. The molecule has 1 aliphatic rings. The smallest absolute Gasteiger partial charge is 0.307 e. The molecule has 0 unspecified atom stereocenters. The summed E-state index contributed by atoms with van der Waals surface area (Å²) in [6.45, 7) is 0.